The number of nitrogens with one attached hydrogen (secondary N) is 1. The van der Waals surface area contributed by atoms with Gasteiger partial charge < -0.3 is 10.1 Å². The van der Waals surface area contributed by atoms with E-state index in [4.69, 9.17) is 4.74 Å². The second-order valence-electron chi connectivity index (χ2n) is 6.22. The molecule has 2 unspecified atom stereocenters. The van der Waals surface area contributed by atoms with Crippen LogP contribution in [0.3, 0.4) is 0 Å². The summed E-state index contributed by atoms with van der Waals surface area (Å²) < 4.78 is 5.29. The fourth-order valence-corrected chi connectivity index (χ4v) is 4.14. The normalized spacial score (nSPS) is 31.1. The number of carbonyl (C=O) groups is 1. The second kappa shape index (κ2) is 6.90. The summed E-state index contributed by atoms with van der Waals surface area (Å²) in [5, 5.41) is 3.26. The van der Waals surface area contributed by atoms with Crippen LogP contribution in [0.1, 0.15) is 58.8 Å². The molecule has 2 rings (SSSR count). The van der Waals surface area contributed by atoms with E-state index in [1.165, 1.54) is 25.7 Å². The van der Waals surface area contributed by atoms with E-state index in [1.54, 1.807) is 0 Å². The molecule has 4 heteroatoms. The lowest BCUT2D eigenvalue weighted by atomic mass is 9.97. The highest BCUT2D eigenvalue weighted by molar-refractivity contribution is 5.81. The van der Waals surface area contributed by atoms with Crippen LogP contribution in [0.5, 0.6) is 0 Å². The monoisotopic (exact) mass is 282 g/mol. The number of carbonyl (C=O) groups excluding carboxylic acids is 1. The largest absolute Gasteiger partial charge is 0.465 e. The standard InChI is InChI=1S/C16H30N2O2/c1-4-18(13-8-6-7-9-13)14-10-11-16(12-14,17-3)15(19)20-5-2/h13-14,17H,4-12H2,1-3H3. The molecule has 0 spiro atoms. The smallest absolute Gasteiger partial charge is 0.326 e. The quantitative estimate of drug-likeness (QED) is 0.759. The Morgan fingerprint density at radius 2 is 1.95 bits per heavy atom. The number of esters is 1. The highest BCUT2D eigenvalue weighted by atomic mass is 16.5. The van der Waals surface area contributed by atoms with Crippen molar-refractivity contribution in [3.63, 3.8) is 0 Å². The fourth-order valence-electron chi connectivity index (χ4n) is 4.14. The minimum absolute atomic E-state index is 0.0625. The number of rotatable bonds is 6. The molecule has 2 aliphatic carbocycles. The first-order chi connectivity index (χ1) is 9.66. The van der Waals surface area contributed by atoms with Gasteiger partial charge in [-0.3, -0.25) is 9.69 Å². The van der Waals surface area contributed by atoms with Crippen molar-refractivity contribution in [3.05, 3.63) is 0 Å². The van der Waals surface area contributed by atoms with Gasteiger partial charge >= 0.3 is 5.97 Å². The van der Waals surface area contributed by atoms with Crippen LogP contribution in [0.15, 0.2) is 0 Å². The van der Waals surface area contributed by atoms with Crippen LogP contribution in [0.4, 0.5) is 0 Å². The van der Waals surface area contributed by atoms with E-state index in [1.807, 2.05) is 14.0 Å². The predicted octanol–water partition coefficient (Wildman–Crippen LogP) is 2.32. The van der Waals surface area contributed by atoms with Gasteiger partial charge in [-0.05, 0) is 52.6 Å². The van der Waals surface area contributed by atoms with Gasteiger partial charge in [0, 0.05) is 12.1 Å². The van der Waals surface area contributed by atoms with Crippen molar-refractivity contribution in [2.75, 3.05) is 20.2 Å². The molecule has 4 nitrogen and oxygen atoms in total. The molecule has 0 aliphatic heterocycles. The van der Waals surface area contributed by atoms with Gasteiger partial charge in [0.05, 0.1) is 6.61 Å². The number of nitrogens with zero attached hydrogens (tertiary/aromatic N) is 1. The van der Waals surface area contributed by atoms with Crippen molar-refractivity contribution >= 4 is 5.97 Å². The third kappa shape index (κ3) is 3.01. The molecule has 2 aliphatic rings. The minimum Gasteiger partial charge on any atom is -0.465 e. The molecule has 2 saturated carbocycles. The topological polar surface area (TPSA) is 41.6 Å². The van der Waals surface area contributed by atoms with Gasteiger partial charge in [0.25, 0.3) is 0 Å². The lowest BCUT2D eigenvalue weighted by Crippen LogP contribution is -2.51. The lowest BCUT2D eigenvalue weighted by molar-refractivity contribution is -0.151. The average Bonchev–Trinajstić information content (AvgIpc) is 3.10. The van der Waals surface area contributed by atoms with Gasteiger partial charge in [-0.15, -0.1) is 0 Å². The maximum atomic E-state index is 12.3. The molecule has 0 aromatic heterocycles. The molecule has 0 bridgehead atoms. The summed E-state index contributed by atoms with van der Waals surface area (Å²) in [5.41, 5.74) is -0.452. The Hall–Kier alpha value is -0.610. The molecular formula is C16H30N2O2. The minimum atomic E-state index is -0.452. The highest BCUT2D eigenvalue weighted by Gasteiger charge is 2.47. The first-order valence-electron chi connectivity index (χ1n) is 8.28. The molecule has 20 heavy (non-hydrogen) atoms. The highest BCUT2D eigenvalue weighted by Crippen LogP contribution is 2.37. The summed E-state index contributed by atoms with van der Waals surface area (Å²) in [6, 6.07) is 1.26. The summed E-state index contributed by atoms with van der Waals surface area (Å²) in [7, 11) is 1.89. The van der Waals surface area contributed by atoms with Gasteiger partial charge in [0.15, 0.2) is 0 Å². The molecule has 0 aromatic rings. The van der Waals surface area contributed by atoms with E-state index in [9.17, 15) is 4.79 Å². The van der Waals surface area contributed by atoms with Crippen molar-refractivity contribution in [3.8, 4) is 0 Å². The van der Waals surface area contributed by atoms with E-state index in [2.05, 4.69) is 17.1 Å². The average molecular weight is 282 g/mol. The first-order valence-corrected chi connectivity index (χ1v) is 8.28. The molecule has 0 radical (unpaired) electrons. The fraction of sp³-hybridized carbons (Fsp3) is 0.938. The van der Waals surface area contributed by atoms with Gasteiger partial charge in [-0.2, -0.15) is 0 Å². The van der Waals surface area contributed by atoms with E-state index in [0.29, 0.717) is 12.6 Å². The maximum Gasteiger partial charge on any atom is 0.326 e. The Balaban J connectivity index is 2.03. The summed E-state index contributed by atoms with van der Waals surface area (Å²) in [4.78, 5) is 14.9. The van der Waals surface area contributed by atoms with E-state index >= 15 is 0 Å². The van der Waals surface area contributed by atoms with Crippen LogP contribution in [0, 0.1) is 0 Å². The predicted molar refractivity (Wildman–Crippen MR) is 80.7 cm³/mol. The van der Waals surface area contributed by atoms with Crippen LogP contribution in [-0.2, 0) is 9.53 Å². The molecule has 2 fully saturated rings. The summed E-state index contributed by atoms with van der Waals surface area (Å²) in [5.74, 6) is -0.0625. The lowest BCUT2D eigenvalue weighted by Gasteiger charge is -2.35. The van der Waals surface area contributed by atoms with Crippen LogP contribution >= 0.6 is 0 Å². The zero-order valence-electron chi connectivity index (χ0n) is 13.3. The number of ether oxygens (including phenoxy) is 1. The zero-order valence-corrected chi connectivity index (χ0v) is 13.3. The summed E-state index contributed by atoms with van der Waals surface area (Å²) in [6.07, 6.45) is 8.28. The third-order valence-electron chi connectivity index (χ3n) is 5.26. The van der Waals surface area contributed by atoms with E-state index in [0.717, 1.165) is 31.8 Å². The number of hydrogen-bond donors (Lipinski definition) is 1. The Kier molecular flexibility index (Phi) is 5.44. The molecular weight excluding hydrogens is 252 g/mol. The first kappa shape index (κ1) is 15.8. The summed E-state index contributed by atoms with van der Waals surface area (Å²) >= 11 is 0. The molecule has 1 N–H and O–H groups in total. The maximum absolute atomic E-state index is 12.3. The van der Waals surface area contributed by atoms with Crippen molar-refractivity contribution in [1.82, 2.24) is 10.2 Å². The molecule has 0 saturated heterocycles. The Morgan fingerprint density at radius 3 is 2.50 bits per heavy atom. The third-order valence-corrected chi connectivity index (χ3v) is 5.26. The van der Waals surface area contributed by atoms with Crippen molar-refractivity contribution < 1.29 is 9.53 Å². The van der Waals surface area contributed by atoms with Gasteiger partial charge in [0.2, 0.25) is 0 Å². The van der Waals surface area contributed by atoms with Crippen LogP contribution in [0.25, 0.3) is 0 Å². The number of hydrogen-bond acceptors (Lipinski definition) is 4. The second-order valence-corrected chi connectivity index (χ2v) is 6.22. The van der Waals surface area contributed by atoms with Gasteiger partial charge in [0.1, 0.15) is 5.54 Å². The Bertz CT molecular complexity index is 328. The Morgan fingerprint density at radius 1 is 1.25 bits per heavy atom. The Labute approximate surface area is 123 Å². The van der Waals surface area contributed by atoms with Crippen molar-refractivity contribution in [2.24, 2.45) is 0 Å². The van der Waals surface area contributed by atoms with Crippen LogP contribution < -0.4 is 5.32 Å². The van der Waals surface area contributed by atoms with Crippen molar-refractivity contribution in [1.29, 1.82) is 0 Å². The van der Waals surface area contributed by atoms with Crippen LogP contribution in [-0.4, -0.2) is 48.7 Å². The summed E-state index contributed by atoms with van der Waals surface area (Å²) in [6.45, 7) is 5.69. The molecule has 116 valence electrons. The van der Waals surface area contributed by atoms with Gasteiger partial charge in [-0.1, -0.05) is 19.8 Å². The molecule has 0 amide bonds. The van der Waals surface area contributed by atoms with E-state index < -0.39 is 5.54 Å². The van der Waals surface area contributed by atoms with Crippen molar-refractivity contribution in [2.45, 2.75) is 76.4 Å². The van der Waals surface area contributed by atoms with Crippen LogP contribution in [0.2, 0.25) is 0 Å². The SMILES string of the molecule is CCOC(=O)C1(NC)CCC(N(CC)C2CCCC2)C1. The zero-order chi connectivity index (χ0) is 14.6. The van der Waals surface area contributed by atoms with E-state index in [-0.39, 0.29) is 5.97 Å². The molecule has 0 heterocycles. The molecule has 2 atom stereocenters. The van der Waals surface area contributed by atoms with Gasteiger partial charge in [-0.25, -0.2) is 0 Å². The molecule has 0 aromatic carbocycles. The number of likely N-dealkylation sites (N-methyl/N-ethyl adjacent to an activating group) is 1.